The molecule has 0 amide bonds. The molecule has 1 aliphatic rings. The molecule has 0 radical (unpaired) electrons. The highest BCUT2D eigenvalue weighted by molar-refractivity contribution is 5.76. The first-order valence-corrected chi connectivity index (χ1v) is 4.10. The molecule has 5 heteroatoms. The van der Waals surface area contributed by atoms with E-state index in [-0.39, 0.29) is 0 Å². The first-order valence-electron chi connectivity index (χ1n) is 4.10. The number of hydrogen-bond donors (Lipinski definition) is 0. The van der Waals surface area contributed by atoms with Gasteiger partial charge in [0.25, 0.3) is 0 Å². The Morgan fingerprint density at radius 3 is 3.25 bits per heavy atom. The monoisotopic (exact) mass is 168 g/mol. The van der Waals surface area contributed by atoms with Gasteiger partial charge >= 0.3 is 0 Å². The van der Waals surface area contributed by atoms with Crippen molar-refractivity contribution in [2.24, 2.45) is 10.1 Å². The van der Waals surface area contributed by atoms with Gasteiger partial charge in [-0.1, -0.05) is 5.11 Å². The topological polar surface area (TPSA) is 70.4 Å². The highest BCUT2D eigenvalue weighted by Gasteiger charge is 2.04. The van der Waals surface area contributed by atoms with Crippen LogP contribution in [0.25, 0.3) is 10.4 Å². The van der Waals surface area contributed by atoms with Gasteiger partial charge < -0.3 is 4.74 Å². The van der Waals surface area contributed by atoms with Gasteiger partial charge in [-0.05, 0) is 12.0 Å². The van der Waals surface area contributed by atoms with Crippen molar-refractivity contribution in [2.45, 2.75) is 19.3 Å². The molecule has 0 fully saturated rings. The lowest BCUT2D eigenvalue weighted by Gasteiger charge is -2.12. The maximum atomic E-state index is 8.00. The molecule has 0 atom stereocenters. The summed E-state index contributed by atoms with van der Waals surface area (Å²) < 4.78 is 5.27. The van der Waals surface area contributed by atoms with Crippen molar-refractivity contribution in [1.29, 1.82) is 0 Å². The maximum Gasteiger partial charge on any atom is 0.183 e. The van der Waals surface area contributed by atoms with Crippen LogP contribution in [0.2, 0.25) is 0 Å². The molecule has 0 N–H and O–H groups in total. The largest absolute Gasteiger partial charge is 0.481 e. The van der Waals surface area contributed by atoms with E-state index in [0.717, 1.165) is 38.3 Å². The molecule has 0 aromatic carbocycles. The second-order valence-electron chi connectivity index (χ2n) is 2.54. The van der Waals surface area contributed by atoms with Crippen LogP contribution in [0.15, 0.2) is 10.1 Å². The van der Waals surface area contributed by atoms with Gasteiger partial charge in [0.1, 0.15) is 0 Å². The lowest BCUT2D eigenvalue weighted by Crippen LogP contribution is -2.13. The van der Waals surface area contributed by atoms with Crippen molar-refractivity contribution >= 4 is 5.90 Å². The molecule has 0 unspecified atom stereocenters. The first-order chi connectivity index (χ1) is 5.93. The summed E-state index contributed by atoms with van der Waals surface area (Å²) in [5.41, 5.74) is 8.00. The molecule has 0 spiro atoms. The summed E-state index contributed by atoms with van der Waals surface area (Å²) in [6.45, 7) is 2.18. The Labute approximate surface area is 71.1 Å². The van der Waals surface area contributed by atoms with Crippen LogP contribution >= 0.6 is 0 Å². The molecule has 0 aliphatic carbocycles. The van der Waals surface area contributed by atoms with Gasteiger partial charge in [-0.15, -0.1) is 0 Å². The molecule has 0 aromatic rings. The number of aliphatic imine (C=N–C) groups is 1. The Morgan fingerprint density at radius 1 is 1.67 bits per heavy atom. The molecular formula is C7H12N4O. The van der Waals surface area contributed by atoms with E-state index in [1.165, 1.54) is 0 Å². The van der Waals surface area contributed by atoms with Crippen molar-refractivity contribution in [2.75, 3.05) is 19.7 Å². The van der Waals surface area contributed by atoms with Crippen LogP contribution in [-0.4, -0.2) is 25.6 Å². The predicted molar refractivity (Wildman–Crippen MR) is 46.1 cm³/mol. The number of nitrogens with zero attached hydrogens (tertiary/aromatic N) is 4. The van der Waals surface area contributed by atoms with Crippen molar-refractivity contribution in [3.05, 3.63) is 10.4 Å². The van der Waals surface area contributed by atoms with Crippen molar-refractivity contribution in [3.63, 3.8) is 0 Å². The Morgan fingerprint density at radius 2 is 2.58 bits per heavy atom. The number of ether oxygens (including phenoxy) is 1. The molecule has 5 nitrogen and oxygen atoms in total. The zero-order valence-corrected chi connectivity index (χ0v) is 6.94. The fourth-order valence-corrected chi connectivity index (χ4v) is 1.00. The highest BCUT2D eigenvalue weighted by Crippen LogP contribution is 2.02. The zero-order valence-electron chi connectivity index (χ0n) is 6.94. The van der Waals surface area contributed by atoms with Gasteiger partial charge in [0, 0.05) is 30.8 Å². The van der Waals surface area contributed by atoms with Gasteiger partial charge in [0.15, 0.2) is 5.90 Å². The van der Waals surface area contributed by atoms with Crippen LogP contribution in [-0.2, 0) is 4.74 Å². The molecule has 0 aromatic heterocycles. The second kappa shape index (κ2) is 5.43. The molecule has 1 heterocycles. The van der Waals surface area contributed by atoms with Crippen LogP contribution in [0.1, 0.15) is 19.3 Å². The predicted octanol–water partition coefficient (Wildman–Crippen LogP) is 1.90. The molecule has 66 valence electrons. The Balaban J connectivity index is 2.13. The maximum absolute atomic E-state index is 8.00. The average Bonchev–Trinajstić information content (AvgIpc) is 2.14. The second-order valence-corrected chi connectivity index (χ2v) is 2.54. The summed E-state index contributed by atoms with van der Waals surface area (Å²) in [6, 6.07) is 0. The lowest BCUT2D eigenvalue weighted by molar-refractivity contribution is 0.273. The normalized spacial score (nSPS) is 15.8. The quantitative estimate of drug-likeness (QED) is 0.273. The molecular weight excluding hydrogens is 156 g/mol. The third-order valence-electron chi connectivity index (χ3n) is 1.57. The lowest BCUT2D eigenvalue weighted by atomic mass is 10.3. The summed E-state index contributed by atoms with van der Waals surface area (Å²) in [4.78, 5) is 6.85. The van der Waals surface area contributed by atoms with E-state index in [4.69, 9.17) is 10.3 Å². The van der Waals surface area contributed by atoms with E-state index >= 15 is 0 Å². The summed E-state index contributed by atoms with van der Waals surface area (Å²) >= 11 is 0. The van der Waals surface area contributed by atoms with Gasteiger partial charge in [-0.25, -0.2) is 0 Å². The van der Waals surface area contributed by atoms with E-state index in [1.54, 1.807) is 0 Å². The standard InChI is InChI=1S/C7H12N4O/c8-11-10-5-1-3-7-9-4-2-6-12-7/h1-6H2. The third kappa shape index (κ3) is 3.25. The van der Waals surface area contributed by atoms with Crippen LogP contribution in [0.4, 0.5) is 0 Å². The minimum atomic E-state index is 0.527. The fraction of sp³-hybridized carbons (Fsp3) is 0.857. The molecule has 1 aliphatic heterocycles. The van der Waals surface area contributed by atoms with Gasteiger partial charge in [-0.2, -0.15) is 0 Å². The smallest absolute Gasteiger partial charge is 0.183 e. The summed E-state index contributed by atoms with van der Waals surface area (Å²) in [5.74, 6) is 0.814. The van der Waals surface area contributed by atoms with Crippen LogP contribution in [0, 0.1) is 0 Å². The van der Waals surface area contributed by atoms with E-state index in [2.05, 4.69) is 15.0 Å². The van der Waals surface area contributed by atoms with E-state index in [0.29, 0.717) is 6.54 Å². The van der Waals surface area contributed by atoms with Crippen molar-refractivity contribution in [1.82, 2.24) is 0 Å². The molecule has 0 saturated heterocycles. The van der Waals surface area contributed by atoms with Crippen LogP contribution in [0.3, 0.4) is 0 Å². The Hall–Kier alpha value is -1.22. The third-order valence-corrected chi connectivity index (χ3v) is 1.57. The summed E-state index contributed by atoms with van der Waals surface area (Å²) in [7, 11) is 0. The van der Waals surface area contributed by atoms with Crippen molar-refractivity contribution < 1.29 is 4.74 Å². The fourth-order valence-electron chi connectivity index (χ4n) is 1.00. The SMILES string of the molecule is [N-]=[N+]=NCCCC1=NCCCO1. The number of rotatable bonds is 4. The van der Waals surface area contributed by atoms with Gasteiger partial charge in [0.2, 0.25) is 0 Å². The molecule has 1 rings (SSSR count). The Bertz CT molecular complexity index is 207. The van der Waals surface area contributed by atoms with E-state index in [1.807, 2.05) is 0 Å². The molecule has 0 saturated carbocycles. The Kier molecular flexibility index (Phi) is 4.02. The van der Waals surface area contributed by atoms with Crippen molar-refractivity contribution in [3.8, 4) is 0 Å². The molecule has 0 bridgehead atoms. The number of azide groups is 1. The minimum absolute atomic E-state index is 0.527. The van der Waals surface area contributed by atoms with Crippen LogP contribution in [0.5, 0.6) is 0 Å². The number of hydrogen-bond acceptors (Lipinski definition) is 3. The van der Waals surface area contributed by atoms with Crippen LogP contribution < -0.4 is 0 Å². The highest BCUT2D eigenvalue weighted by atomic mass is 16.5. The summed E-state index contributed by atoms with van der Waals surface area (Å²) in [5, 5.41) is 3.43. The van der Waals surface area contributed by atoms with E-state index in [9.17, 15) is 0 Å². The van der Waals surface area contributed by atoms with E-state index < -0.39 is 0 Å². The molecule has 12 heavy (non-hydrogen) atoms. The van der Waals surface area contributed by atoms with Gasteiger partial charge in [-0.3, -0.25) is 4.99 Å². The van der Waals surface area contributed by atoms with Gasteiger partial charge in [0.05, 0.1) is 6.61 Å². The average molecular weight is 168 g/mol. The first kappa shape index (κ1) is 8.87. The minimum Gasteiger partial charge on any atom is -0.481 e. The zero-order chi connectivity index (χ0) is 8.65. The summed E-state index contributed by atoms with van der Waals surface area (Å²) in [6.07, 6.45) is 2.63.